The van der Waals surface area contributed by atoms with Gasteiger partial charge in [0, 0.05) is 23.6 Å². The summed E-state index contributed by atoms with van der Waals surface area (Å²) in [5.41, 5.74) is 1.25. The Morgan fingerprint density at radius 3 is 2.78 bits per heavy atom. The molecule has 0 aliphatic carbocycles. The van der Waals surface area contributed by atoms with E-state index in [1.54, 1.807) is 0 Å². The van der Waals surface area contributed by atoms with Gasteiger partial charge in [0.05, 0.1) is 0 Å². The fraction of sp³-hybridized carbons (Fsp3) is 0.688. The molecule has 18 heavy (non-hydrogen) atoms. The van der Waals surface area contributed by atoms with E-state index >= 15 is 0 Å². The number of carbonyl (C=O) groups excluding carboxylic acids is 1. The zero-order valence-corrected chi connectivity index (χ0v) is 12.1. The Morgan fingerprint density at radius 2 is 2.28 bits per heavy atom. The van der Waals surface area contributed by atoms with Crippen molar-refractivity contribution in [1.29, 1.82) is 0 Å². The molecular formula is C16H27NO. The molecule has 1 N–H and O–H groups in total. The van der Waals surface area contributed by atoms with Crippen LogP contribution in [0, 0.1) is 11.8 Å². The average molecular weight is 249 g/mol. The maximum atomic E-state index is 11.9. The molecule has 2 atom stereocenters. The van der Waals surface area contributed by atoms with Gasteiger partial charge in [-0.3, -0.25) is 4.79 Å². The second-order valence-corrected chi connectivity index (χ2v) is 6.05. The molecule has 0 saturated carbocycles. The number of rotatable bonds is 6. The fourth-order valence-electron chi connectivity index (χ4n) is 2.76. The Morgan fingerprint density at radius 1 is 1.61 bits per heavy atom. The van der Waals surface area contributed by atoms with Crippen LogP contribution in [0.4, 0.5) is 0 Å². The molecule has 1 aliphatic heterocycles. The van der Waals surface area contributed by atoms with E-state index < -0.39 is 0 Å². The third-order valence-corrected chi connectivity index (χ3v) is 3.93. The molecule has 1 unspecified atom stereocenters. The van der Waals surface area contributed by atoms with Crippen molar-refractivity contribution in [2.75, 3.05) is 0 Å². The molecule has 102 valence electrons. The first kappa shape index (κ1) is 15.0. The van der Waals surface area contributed by atoms with E-state index in [9.17, 15) is 4.79 Å². The van der Waals surface area contributed by atoms with Gasteiger partial charge in [0.25, 0.3) is 0 Å². The molecule has 0 bridgehead atoms. The van der Waals surface area contributed by atoms with Crippen LogP contribution < -0.4 is 5.32 Å². The number of carbonyl (C=O) groups is 1. The van der Waals surface area contributed by atoms with E-state index in [2.05, 4.69) is 32.3 Å². The molecule has 0 amide bonds. The molecule has 1 saturated heterocycles. The standard InChI is InChI=1S/C16H27NO/c1-6-8-14(15(18)7-2)11-13-9-10-16(4,5)17-12(13)3/h6,13-14,17H,1,3,7-11H2,2,4-5H3/t13?,14-/m1/s1. The van der Waals surface area contributed by atoms with Gasteiger partial charge in [0.1, 0.15) is 5.78 Å². The van der Waals surface area contributed by atoms with Crippen LogP contribution in [0.2, 0.25) is 0 Å². The average Bonchev–Trinajstić information content (AvgIpc) is 2.30. The van der Waals surface area contributed by atoms with Crippen LogP contribution in [0.25, 0.3) is 0 Å². The minimum atomic E-state index is 0.122. The van der Waals surface area contributed by atoms with Crippen LogP contribution >= 0.6 is 0 Å². The Balaban J connectivity index is 2.62. The summed E-state index contributed by atoms with van der Waals surface area (Å²) in [6.07, 6.45) is 6.46. The van der Waals surface area contributed by atoms with Crippen LogP contribution in [0.1, 0.15) is 52.9 Å². The predicted octanol–water partition coefficient (Wildman–Crippen LogP) is 3.84. The zero-order valence-electron chi connectivity index (χ0n) is 12.1. The third kappa shape index (κ3) is 4.01. The number of allylic oxidation sites excluding steroid dienone is 2. The van der Waals surface area contributed by atoms with Crippen LogP contribution in [0.3, 0.4) is 0 Å². The minimum Gasteiger partial charge on any atom is -0.384 e. The number of nitrogens with one attached hydrogen (secondary N) is 1. The van der Waals surface area contributed by atoms with Crippen LogP contribution in [-0.4, -0.2) is 11.3 Å². The van der Waals surface area contributed by atoms with E-state index in [-0.39, 0.29) is 11.5 Å². The number of Topliss-reactive ketones (excluding diaryl/α,β-unsaturated/α-hetero) is 1. The van der Waals surface area contributed by atoms with Gasteiger partial charge in [-0.15, -0.1) is 6.58 Å². The molecule has 1 rings (SSSR count). The maximum absolute atomic E-state index is 11.9. The molecule has 1 heterocycles. The predicted molar refractivity (Wildman–Crippen MR) is 77.3 cm³/mol. The number of hydrogen-bond acceptors (Lipinski definition) is 2. The quantitative estimate of drug-likeness (QED) is 0.725. The fourth-order valence-corrected chi connectivity index (χ4v) is 2.76. The van der Waals surface area contributed by atoms with Gasteiger partial charge in [0.15, 0.2) is 0 Å². The van der Waals surface area contributed by atoms with Crippen molar-refractivity contribution < 1.29 is 4.79 Å². The smallest absolute Gasteiger partial charge is 0.136 e. The van der Waals surface area contributed by atoms with Crippen molar-refractivity contribution in [1.82, 2.24) is 5.32 Å². The van der Waals surface area contributed by atoms with Gasteiger partial charge in [-0.05, 0) is 45.4 Å². The lowest BCUT2D eigenvalue weighted by molar-refractivity contribution is -0.123. The second-order valence-electron chi connectivity index (χ2n) is 6.05. The molecule has 0 radical (unpaired) electrons. The van der Waals surface area contributed by atoms with Crippen molar-refractivity contribution >= 4 is 5.78 Å². The SMILES string of the molecule is C=CC[C@H](CC1CCC(C)(C)NC1=C)C(=O)CC. The van der Waals surface area contributed by atoms with Gasteiger partial charge in [-0.25, -0.2) is 0 Å². The van der Waals surface area contributed by atoms with Crippen molar-refractivity contribution in [3.63, 3.8) is 0 Å². The third-order valence-electron chi connectivity index (χ3n) is 3.93. The normalized spacial score (nSPS) is 24.2. The Hall–Kier alpha value is -1.05. The first-order chi connectivity index (χ1) is 8.39. The summed E-state index contributed by atoms with van der Waals surface area (Å²) < 4.78 is 0. The number of ketones is 1. The summed E-state index contributed by atoms with van der Waals surface area (Å²) >= 11 is 0. The Bertz CT molecular complexity index is 330. The van der Waals surface area contributed by atoms with Gasteiger partial charge in [-0.2, -0.15) is 0 Å². The van der Waals surface area contributed by atoms with E-state index in [1.807, 2.05) is 13.0 Å². The van der Waals surface area contributed by atoms with E-state index in [4.69, 9.17) is 0 Å². The lowest BCUT2D eigenvalue weighted by Gasteiger charge is -2.39. The Labute approximate surface area is 112 Å². The molecule has 0 spiro atoms. The van der Waals surface area contributed by atoms with Gasteiger partial charge < -0.3 is 5.32 Å². The topological polar surface area (TPSA) is 29.1 Å². The van der Waals surface area contributed by atoms with Crippen LogP contribution in [0.15, 0.2) is 24.9 Å². The zero-order chi connectivity index (χ0) is 13.8. The summed E-state index contributed by atoms with van der Waals surface area (Å²) in [6, 6.07) is 0. The summed E-state index contributed by atoms with van der Waals surface area (Å²) in [4.78, 5) is 11.9. The summed E-state index contributed by atoms with van der Waals surface area (Å²) in [5.74, 6) is 0.906. The van der Waals surface area contributed by atoms with Gasteiger partial charge in [-0.1, -0.05) is 19.6 Å². The van der Waals surface area contributed by atoms with Gasteiger partial charge in [0.2, 0.25) is 0 Å². The second kappa shape index (κ2) is 6.21. The molecule has 2 nitrogen and oxygen atoms in total. The van der Waals surface area contributed by atoms with Crippen molar-refractivity contribution in [3.05, 3.63) is 24.9 Å². The molecule has 0 aromatic heterocycles. The minimum absolute atomic E-state index is 0.122. The summed E-state index contributed by atoms with van der Waals surface area (Å²) in [7, 11) is 0. The Kier molecular flexibility index (Phi) is 5.18. The van der Waals surface area contributed by atoms with Crippen molar-refractivity contribution in [2.45, 2.75) is 58.4 Å². The van der Waals surface area contributed by atoms with Gasteiger partial charge >= 0.3 is 0 Å². The molecule has 0 aromatic carbocycles. The highest BCUT2D eigenvalue weighted by atomic mass is 16.1. The van der Waals surface area contributed by atoms with E-state index in [1.165, 1.54) is 0 Å². The van der Waals surface area contributed by atoms with Crippen molar-refractivity contribution in [2.24, 2.45) is 11.8 Å². The number of hydrogen-bond donors (Lipinski definition) is 1. The highest BCUT2D eigenvalue weighted by molar-refractivity contribution is 5.80. The summed E-state index contributed by atoms with van der Waals surface area (Å²) in [5, 5.41) is 3.48. The molecular weight excluding hydrogens is 222 g/mol. The maximum Gasteiger partial charge on any atom is 0.136 e. The molecule has 1 aliphatic rings. The lowest BCUT2D eigenvalue weighted by atomic mass is 9.78. The van der Waals surface area contributed by atoms with E-state index in [0.29, 0.717) is 18.1 Å². The first-order valence-electron chi connectivity index (χ1n) is 7.00. The highest BCUT2D eigenvalue weighted by Gasteiger charge is 2.31. The summed E-state index contributed by atoms with van der Waals surface area (Å²) in [6.45, 7) is 14.2. The first-order valence-corrected chi connectivity index (χ1v) is 7.00. The highest BCUT2D eigenvalue weighted by Crippen LogP contribution is 2.33. The lowest BCUT2D eigenvalue weighted by Crippen LogP contribution is -2.45. The van der Waals surface area contributed by atoms with Crippen LogP contribution in [-0.2, 0) is 4.79 Å². The number of piperidine rings is 1. The van der Waals surface area contributed by atoms with Crippen molar-refractivity contribution in [3.8, 4) is 0 Å². The van der Waals surface area contributed by atoms with E-state index in [0.717, 1.165) is 31.4 Å². The van der Waals surface area contributed by atoms with Crippen LogP contribution in [0.5, 0.6) is 0 Å². The molecule has 1 fully saturated rings. The molecule has 0 aromatic rings. The monoisotopic (exact) mass is 249 g/mol. The largest absolute Gasteiger partial charge is 0.384 e. The molecule has 2 heteroatoms.